The molecular formula is C25H33NO3. The summed E-state index contributed by atoms with van der Waals surface area (Å²) in [4.78, 5) is 13.7. The van der Waals surface area contributed by atoms with Crippen LogP contribution in [0.15, 0.2) is 18.2 Å². The number of fused-ring (bicyclic) bond motifs is 1. The van der Waals surface area contributed by atoms with Crippen LogP contribution in [0.1, 0.15) is 69.1 Å². The van der Waals surface area contributed by atoms with Gasteiger partial charge < -0.3 is 15.2 Å². The SMILES string of the molecule is COc1cc2c(cc1CO)/C(=C/C(=O)C13CC4CC(CC(C4)C1)C3)NC(C)(C)C2. The van der Waals surface area contributed by atoms with Gasteiger partial charge in [0, 0.05) is 33.9 Å². The van der Waals surface area contributed by atoms with E-state index in [0.29, 0.717) is 5.78 Å². The number of ketones is 1. The number of methoxy groups -OCH3 is 1. The molecule has 0 amide bonds. The minimum absolute atomic E-state index is 0.0734. The van der Waals surface area contributed by atoms with Gasteiger partial charge in [-0.2, -0.15) is 0 Å². The summed E-state index contributed by atoms with van der Waals surface area (Å²) < 4.78 is 5.48. The van der Waals surface area contributed by atoms with Gasteiger partial charge in [0.05, 0.1) is 13.7 Å². The van der Waals surface area contributed by atoms with Crippen LogP contribution in [0.5, 0.6) is 5.75 Å². The third kappa shape index (κ3) is 3.20. The van der Waals surface area contributed by atoms with Crippen molar-refractivity contribution < 1.29 is 14.6 Å². The molecule has 5 aliphatic rings. The Kier molecular flexibility index (Phi) is 4.36. The van der Waals surface area contributed by atoms with Gasteiger partial charge in [-0.3, -0.25) is 4.79 Å². The third-order valence-corrected chi connectivity index (χ3v) is 7.91. The fourth-order valence-electron chi connectivity index (χ4n) is 7.14. The first-order valence-electron chi connectivity index (χ1n) is 11.2. The van der Waals surface area contributed by atoms with Gasteiger partial charge in [-0.1, -0.05) is 0 Å². The van der Waals surface area contributed by atoms with Crippen molar-refractivity contribution in [1.82, 2.24) is 5.32 Å². The molecule has 0 saturated heterocycles. The Morgan fingerprint density at radius 2 is 1.79 bits per heavy atom. The molecule has 1 aromatic rings. The number of carbonyl (C=O) groups excluding carboxylic acids is 1. The Balaban J connectivity index is 1.54. The van der Waals surface area contributed by atoms with E-state index in [0.717, 1.165) is 66.0 Å². The Morgan fingerprint density at radius 1 is 1.17 bits per heavy atom. The molecule has 0 radical (unpaired) electrons. The Bertz CT molecular complexity index is 847. The smallest absolute Gasteiger partial charge is 0.163 e. The first-order chi connectivity index (χ1) is 13.8. The molecule has 4 aliphatic carbocycles. The van der Waals surface area contributed by atoms with E-state index in [1.807, 2.05) is 18.2 Å². The van der Waals surface area contributed by atoms with Crippen molar-refractivity contribution in [3.8, 4) is 5.75 Å². The first-order valence-corrected chi connectivity index (χ1v) is 11.2. The minimum atomic E-state index is -0.133. The topological polar surface area (TPSA) is 58.6 Å². The van der Waals surface area contributed by atoms with Crippen LogP contribution in [0, 0.1) is 23.2 Å². The lowest BCUT2D eigenvalue weighted by Gasteiger charge is -2.55. The van der Waals surface area contributed by atoms with Gasteiger partial charge in [0.1, 0.15) is 5.75 Å². The molecule has 4 nitrogen and oxygen atoms in total. The molecule has 0 aromatic heterocycles. The summed E-state index contributed by atoms with van der Waals surface area (Å²) in [6.07, 6.45) is 10.0. The van der Waals surface area contributed by atoms with Crippen molar-refractivity contribution in [2.75, 3.05) is 7.11 Å². The van der Waals surface area contributed by atoms with Gasteiger partial charge in [-0.25, -0.2) is 0 Å². The zero-order valence-electron chi connectivity index (χ0n) is 17.9. The highest BCUT2D eigenvalue weighted by Gasteiger charge is 2.54. The summed E-state index contributed by atoms with van der Waals surface area (Å²) in [5.41, 5.74) is 3.62. The summed E-state index contributed by atoms with van der Waals surface area (Å²) in [5.74, 6) is 3.32. The minimum Gasteiger partial charge on any atom is -0.496 e. The maximum absolute atomic E-state index is 13.7. The molecule has 1 aromatic carbocycles. The summed E-state index contributed by atoms with van der Waals surface area (Å²) in [7, 11) is 1.64. The lowest BCUT2D eigenvalue weighted by Crippen LogP contribution is -2.50. The Hall–Kier alpha value is -1.81. The predicted molar refractivity (Wildman–Crippen MR) is 113 cm³/mol. The first kappa shape index (κ1) is 19.2. The van der Waals surface area contributed by atoms with Crippen LogP contribution in [0.25, 0.3) is 5.70 Å². The highest BCUT2D eigenvalue weighted by Crippen LogP contribution is 2.60. The molecule has 4 fully saturated rings. The number of hydrogen-bond acceptors (Lipinski definition) is 4. The molecule has 0 unspecified atom stereocenters. The van der Waals surface area contributed by atoms with E-state index in [-0.39, 0.29) is 17.6 Å². The molecule has 0 atom stereocenters. The molecule has 1 aliphatic heterocycles. The average molecular weight is 396 g/mol. The standard InChI is InChI=1S/C25H33NO3/c1-24(2)13-18-8-22(29-3)19(14-27)7-20(18)21(26-24)9-23(28)25-10-15-4-16(11-25)6-17(5-15)12-25/h7-9,15-17,26-27H,4-6,10-14H2,1-3H3/b21-9-. The Morgan fingerprint density at radius 3 is 2.34 bits per heavy atom. The van der Waals surface area contributed by atoms with Gasteiger partial charge in [-0.05, 0) is 94.2 Å². The fourth-order valence-corrected chi connectivity index (χ4v) is 7.14. The highest BCUT2D eigenvalue weighted by molar-refractivity contribution is 6.01. The zero-order valence-corrected chi connectivity index (χ0v) is 17.9. The van der Waals surface area contributed by atoms with Crippen molar-refractivity contribution in [3.63, 3.8) is 0 Å². The molecular weight excluding hydrogens is 362 g/mol. The fraction of sp³-hybridized carbons (Fsp3) is 0.640. The maximum atomic E-state index is 13.7. The van der Waals surface area contributed by atoms with E-state index in [1.54, 1.807) is 7.11 Å². The second-order valence-corrected chi connectivity index (χ2v) is 10.8. The largest absolute Gasteiger partial charge is 0.496 e. The number of ether oxygens (including phenoxy) is 1. The van der Waals surface area contributed by atoms with Crippen LogP contribution in [0.4, 0.5) is 0 Å². The number of rotatable bonds is 4. The summed E-state index contributed by atoms with van der Waals surface area (Å²) >= 11 is 0. The summed E-state index contributed by atoms with van der Waals surface area (Å²) in [6, 6.07) is 4.03. The van der Waals surface area contributed by atoms with Crippen molar-refractivity contribution in [3.05, 3.63) is 34.9 Å². The zero-order chi connectivity index (χ0) is 20.4. The molecule has 4 bridgehead atoms. The summed E-state index contributed by atoms with van der Waals surface area (Å²) in [5, 5.41) is 13.4. The van der Waals surface area contributed by atoms with E-state index in [2.05, 4.69) is 19.2 Å². The van der Waals surface area contributed by atoms with E-state index in [4.69, 9.17) is 4.74 Å². The molecule has 1 heterocycles. The molecule has 0 spiro atoms. The number of aliphatic hydroxyl groups excluding tert-OH is 1. The molecule has 6 rings (SSSR count). The van der Waals surface area contributed by atoms with Crippen molar-refractivity contribution in [1.29, 1.82) is 0 Å². The van der Waals surface area contributed by atoms with Crippen LogP contribution in [0.2, 0.25) is 0 Å². The number of nitrogens with one attached hydrogen (secondary N) is 1. The highest BCUT2D eigenvalue weighted by atomic mass is 16.5. The van der Waals surface area contributed by atoms with Crippen LogP contribution >= 0.6 is 0 Å². The monoisotopic (exact) mass is 395 g/mol. The number of hydrogen-bond donors (Lipinski definition) is 2. The van der Waals surface area contributed by atoms with E-state index >= 15 is 0 Å². The van der Waals surface area contributed by atoms with E-state index in [1.165, 1.54) is 24.8 Å². The lowest BCUT2D eigenvalue weighted by molar-refractivity contribution is -0.138. The molecule has 29 heavy (non-hydrogen) atoms. The van der Waals surface area contributed by atoms with Gasteiger partial charge in [0.2, 0.25) is 0 Å². The quantitative estimate of drug-likeness (QED) is 0.749. The summed E-state index contributed by atoms with van der Waals surface area (Å²) in [6.45, 7) is 4.27. The number of allylic oxidation sites excluding steroid dienone is 1. The maximum Gasteiger partial charge on any atom is 0.163 e. The van der Waals surface area contributed by atoms with Gasteiger partial charge in [-0.15, -0.1) is 0 Å². The van der Waals surface area contributed by atoms with Gasteiger partial charge >= 0.3 is 0 Å². The number of carbonyl (C=O) groups is 1. The molecule has 2 N–H and O–H groups in total. The van der Waals surface area contributed by atoms with Crippen LogP contribution in [-0.4, -0.2) is 23.5 Å². The molecule has 4 saturated carbocycles. The molecule has 156 valence electrons. The lowest BCUT2D eigenvalue weighted by atomic mass is 9.48. The van der Waals surface area contributed by atoms with E-state index in [9.17, 15) is 9.90 Å². The van der Waals surface area contributed by atoms with Crippen LogP contribution in [0.3, 0.4) is 0 Å². The van der Waals surface area contributed by atoms with Gasteiger partial charge in [0.15, 0.2) is 5.78 Å². The van der Waals surface area contributed by atoms with E-state index < -0.39 is 0 Å². The third-order valence-electron chi connectivity index (χ3n) is 7.91. The normalized spacial score (nSPS) is 35.3. The number of aliphatic hydroxyl groups is 1. The molecule has 4 heteroatoms. The van der Waals surface area contributed by atoms with Crippen molar-refractivity contribution in [2.45, 2.75) is 70.9 Å². The van der Waals surface area contributed by atoms with Crippen molar-refractivity contribution >= 4 is 11.5 Å². The second-order valence-electron chi connectivity index (χ2n) is 10.8. The second kappa shape index (κ2) is 6.60. The van der Waals surface area contributed by atoms with Crippen LogP contribution < -0.4 is 10.1 Å². The predicted octanol–water partition coefficient (Wildman–Crippen LogP) is 4.24. The van der Waals surface area contributed by atoms with Gasteiger partial charge in [0.25, 0.3) is 0 Å². The number of benzene rings is 1. The average Bonchev–Trinajstić information content (AvgIpc) is 2.65. The van der Waals surface area contributed by atoms with Crippen LogP contribution in [-0.2, 0) is 17.8 Å². The Labute approximate surface area is 173 Å². The van der Waals surface area contributed by atoms with Crippen molar-refractivity contribution in [2.24, 2.45) is 23.2 Å².